The molecule has 1 aromatic rings. The van der Waals surface area contributed by atoms with Crippen molar-refractivity contribution >= 4 is 49.5 Å². The zero-order chi connectivity index (χ0) is 14.9. The van der Waals surface area contributed by atoms with Crippen molar-refractivity contribution < 1.29 is 19.1 Å². The van der Waals surface area contributed by atoms with E-state index in [0.717, 1.165) is 8.95 Å². The highest BCUT2D eigenvalue weighted by Crippen LogP contribution is 2.31. The van der Waals surface area contributed by atoms with Gasteiger partial charge < -0.3 is 14.8 Å². The van der Waals surface area contributed by atoms with Crippen molar-refractivity contribution in [3.8, 4) is 0 Å². The monoisotopic (exact) mass is 403 g/mol. The van der Waals surface area contributed by atoms with Crippen LogP contribution in [-0.2, 0) is 19.1 Å². The quantitative estimate of drug-likeness (QED) is 0.465. The first-order valence-electron chi connectivity index (χ1n) is 5.67. The predicted molar refractivity (Wildman–Crippen MR) is 79.8 cm³/mol. The maximum Gasteiger partial charge on any atom is 0.350 e. The third-order valence-corrected chi connectivity index (χ3v) is 3.76. The molecule has 0 atom stereocenters. The van der Waals surface area contributed by atoms with Gasteiger partial charge in [0.2, 0.25) is 0 Å². The maximum atomic E-state index is 11.8. The summed E-state index contributed by atoms with van der Waals surface area (Å²) < 4.78 is 11.5. The lowest BCUT2D eigenvalue weighted by Gasteiger charge is -2.29. The van der Waals surface area contributed by atoms with Crippen LogP contribution in [0.2, 0.25) is 0 Å². The van der Waals surface area contributed by atoms with Gasteiger partial charge in [-0.15, -0.1) is 0 Å². The van der Waals surface area contributed by atoms with Gasteiger partial charge in [-0.05, 0) is 44.0 Å². The van der Waals surface area contributed by atoms with Gasteiger partial charge in [0.25, 0.3) is 5.79 Å². The number of anilines is 1. The molecule has 1 aliphatic rings. The minimum absolute atomic E-state index is 0.188. The van der Waals surface area contributed by atoms with Gasteiger partial charge in [-0.2, -0.15) is 0 Å². The molecule has 106 valence electrons. The largest absolute Gasteiger partial charge is 0.419 e. The third kappa shape index (κ3) is 3.21. The number of nitrogens with one attached hydrogen (secondary N) is 1. The predicted octanol–water partition coefficient (Wildman–Crippen LogP) is 3.34. The van der Waals surface area contributed by atoms with Gasteiger partial charge in [0, 0.05) is 29.0 Å². The fourth-order valence-corrected chi connectivity index (χ4v) is 2.79. The van der Waals surface area contributed by atoms with Gasteiger partial charge in [0.1, 0.15) is 0 Å². The number of carbonyl (C=O) groups excluding carboxylic acids is 2. The Labute approximate surface area is 132 Å². The fourth-order valence-electron chi connectivity index (χ4n) is 1.56. The Bertz CT molecular complexity index is 568. The maximum absolute atomic E-state index is 11.8. The van der Waals surface area contributed by atoms with Crippen LogP contribution in [0, 0.1) is 0 Å². The zero-order valence-electron chi connectivity index (χ0n) is 10.7. The Morgan fingerprint density at radius 3 is 2.10 bits per heavy atom. The second kappa shape index (κ2) is 5.57. The van der Waals surface area contributed by atoms with E-state index in [2.05, 4.69) is 37.2 Å². The number of cyclic esters (lactones) is 2. The molecular formula is C13H11Br2NO4. The van der Waals surface area contributed by atoms with Crippen molar-refractivity contribution in [2.75, 3.05) is 5.32 Å². The zero-order valence-corrected chi connectivity index (χ0v) is 13.9. The highest BCUT2D eigenvalue weighted by molar-refractivity contribution is 9.11. The summed E-state index contributed by atoms with van der Waals surface area (Å²) in [7, 11) is 0. The van der Waals surface area contributed by atoms with Crippen LogP contribution in [0.1, 0.15) is 13.8 Å². The number of para-hydroxylation sites is 1. The molecule has 0 bridgehead atoms. The first-order valence-corrected chi connectivity index (χ1v) is 7.26. The van der Waals surface area contributed by atoms with E-state index in [9.17, 15) is 9.59 Å². The Balaban J connectivity index is 2.24. The average Bonchev–Trinajstić information content (AvgIpc) is 2.29. The summed E-state index contributed by atoms with van der Waals surface area (Å²) in [6.45, 7) is 2.99. The van der Waals surface area contributed by atoms with Gasteiger partial charge >= 0.3 is 11.9 Å². The highest BCUT2D eigenvalue weighted by atomic mass is 79.9. The minimum Gasteiger partial charge on any atom is -0.419 e. The molecule has 2 rings (SSSR count). The molecule has 1 fully saturated rings. The van der Waals surface area contributed by atoms with E-state index in [4.69, 9.17) is 9.47 Å². The van der Waals surface area contributed by atoms with Crippen LogP contribution in [0.5, 0.6) is 0 Å². The Morgan fingerprint density at radius 1 is 1.10 bits per heavy atom. The number of benzene rings is 1. The SMILES string of the molecule is CC1(C)OC(=O)C(=CNc2c(Br)cccc2Br)C(=O)O1. The second-order valence-electron chi connectivity index (χ2n) is 4.48. The summed E-state index contributed by atoms with van der Waals surface area (Å²) in [4.78, 5) is 23.5. The number of hydrogen-bond donors (Lipinski definition) is 1. The standard InChI is InChI=1S/C13H11Br2NO4/c1-13(2)19-11(17)7(12(18)20-13)6-16-10-8(14)4-3-5-9(10)15/h3-6,16H,1-2H3. The highest BCUT2D eigenvalue weighted by Gasteiger charge is 2.38. The molecule has 0 saturated carbocycles. The lowest BCUT2D eigenvalue weighted by Crippen LogP contribution is -2.42. The Morgan fingerprint density at radius 2 is 1.60 bits per heavy atom. The average molecular weight is 405 g/mol. The van der Waals surface area contributed by atoms with Crippen LogP contribution >= 0.6 is 31.9 Å². The molecule has 1 saturated heterocycles. The lowest BCUT2D eigenvalue weighted by atomic mass is 10.2. The molecule has 1 aromatic carbocycles. The topological polar surface area (TPSA) is 64.6 Å². The van der Waals surface area contributed by atoms with Crippen molar-refractivity contribution in [2.24, 2.45) is 0 Å². The van der Waals surface area contributed by atoms with Gasteiger partial charge in [-0.3, -0.25) is 0 Å². The number of esters is 2. The van der Waals surface area contributed by atoms with Crippen LogP contribution in [-0.4, -0.2) is 17.7 Å². The normalized spacial score (nSPS) is 17.3. The second-order valence-corrected chi connectivity index (χ2v) is 6.19. The van der Waals surface area contributed by atoms with E-state index < -0.39 is 17.7 Å². The molecule has 0 aromatic heterocycles. The molecule has 1 N–H and O–H groups in total. The fraction of sp³-hybridized carbons (Fsp3) is 0.231. The molecule has 5 nitrogen and oxygen atoms in total. The van der Waals surface area contributed by atoms with Gasteiger partial charge in [-0.1, -0.05) is 6.07 Å². The molecule has 1 heterocycles. The van der Waals surface area contributed by atoms with Gasteiger partial charge in [0.15, 0.2) is 5.57 Å². The Hall–Kier alpha value is -1.34. The third-order valence-electron chi connectivity index (χ3n) is 2.44. The summed E-state index contributed by atoms with van der Waals surface area (Å²) in [5, 5.41) is 2.88. The molecule has 0 amide bonds. The van der Waals surface area contributed by atoms with E-state index in [1.54, 1.807) is 0 Å². The summed E-state index contributed by atoms with van der Waals surface area (Å²) in [5.41, 5.74) is 0.498. The number of ether oxygens (including phenoxy) is 2. The van der Waals surface area contributed by atoms with Crippen molar-refractivity contribution in [1.82, 2.24) is 0 Å². The van der Waals surface area contributed by atoms with Crippen molar-refractivity contribution in [3.05, 3.63) is 38.9 Å². The first-order chi connectivity index (χ1) is 9.30. The summed E-state index contributed by atoms with van der Waals surface area (Å²) in [6.07, 6.45) is 1.27. The van der Waals surface area contributed by atoms with E-state index in [1.165, 1.54) is 20.0 Å². The van der Waals surface area contributed by atoms with Crippen LogP contribution in [0.15, 0.2) is 38.9 Å². The van der Waals surface area contributed by atoms with Crippen LogP contribution in [0.4, 0.5) is 5.69 Å². The molecule has 0 aliphatic carbocycles. The van der Waals surface area contributed by atoms with Crippen LogP contribution in [0.3, 0.4) is 0 Å². The number of rotatable bonds is 2. The molecule has 0 radical (unpaired) electrons. The molecule has 1 aliphatic heterocycles. The van der Waals surface area contributed by atoms with Gasteiger partial charge in [-0.25, -0.2) is 9.59 Å². The lowest BCUT2D eigenvalue weighted by molar-refractivity contribution is -0.222. The van der Waals surface area contributed by atoms with E-state index in [-0.39, 0.29) is 5.57 Å². The van der Waals surface area contributed by atoms with Crippen LogP contribution in [0.25, 0.3) is 0 Å². The van der Waals surface area contributed by atoms with Crippen molar-refractivity contribution in [2.45, 2.75) is 19.6 Å². The molecular weight excluding hydrogens is 394 g/mol. The summed E-state index contributed by atoms with van der Waals surface area (Å²) >= 11 is 6.73. The van der Waals surface area contributed by atoms with Crippen LogP contribution < -0.4 is 5.32 Å². The minimum atomic E-state index is -1.24. The number of carbonyl (C=O) groups is 2. The Kier molecular flexibility index (Phi) is 4.19. The van der Waals surface area contributed by atoms with E-state index >= 15 is 0 Å². The molecule has 0 spiro atoms. The van der Waals surface area contributed by atoms with E-state index in [1.807, 2.05) is 18.2 Å². The van der Waals surface area contributed by atoms with Crippen molar-refractivity contribution in [3.63, 3.8) is 0 Å². The molecule has 20 heavy (non-hydrogen) atoms. The number of halogens is 2. The van der Waals surface area contributed by atoms with Gasteiger partial charge in [0.05, 0.1) is 5.69 Å². The summed E-state index contributed by atoms with van der Waals surface area (Å²) in [6, 6.07) is 5.50. The summed E-state index contributed by atoms with van der Waals surface area (Å²) in [5.74, 6) is -2.68. The molecule has 0 unspecified atom stereocenters. The van der Waals surface area contributed by atoms with E-state index in [0.29, 0.717) is 5.69 Å². The smallest absolute Gasteiger partial charge is 0.350 e. The first kappa shape index (κ1) is 15.1. The number of hydrogen-bond acceptors (Lipinski definition) is 5. The molecule has 7 heteroatoms. The van der Waals surface area contributed by atoms with Crippen molar-refractivity contribution in [1.29, 1.82) is 0 Å².